The molecule has 0 spiro atoms. The van der Waals surface area contributed by atoms with Crippen molar-refractivity contribution in [3.05, 3.63) is 65.5 Å². The van der Waals surface area contributed by atoms with Crippen LogP contribution >= 0.6 is 11.3 Å². The minimum Gasteiger partial charge on any atom is -0.337 e. The van der Waals surface area contributed by atoms with Crippen molar-refractivity contribution >= 4 is 44.9 Å². The molecule has 0 radical (unpaired) electrons. The lowest BCUT2D eigenvalue weighted by molar-refractivity contribution is -0.116. The van der Waals surface area contributed by atoms with E-state index in [4.69, 9.17) is 4.98 Å². The third-order valence-electron chi connectivity index (χ3n) is 5.88. The summed E-state index contributed by atoms with van der Waals surface area (Å²) in [5.41, 5.74) is 5.94. The third-order valence-corrected chi connectivity index (χ3v) is 6.56. The summed E-state index contributed by atoms with van der Waals surface area (Å²) >= 11 is 1.59. The molecule has 0 bridgehead atoms. The average molecular weight is 498 g/mol. The van der Waals surface area contributed by atoms with Gasteiger partial charge < -0.3 is 10.3 Å². The maximum absolute atomic E-state index is 15.1. The lowest BCUT2D eigenvalue weighted by Gasteiger charge is -2.07. The molecular formula is C26H20FN7OS. The first-order valence-electron chi connectivity index (χ1n) is 11.4. The topological polar surface area (TPSA) is 112 Å². The number of nitrogens with one attached hydrogen (secondary N) is 3. The van der Waals surface area contributed by atoms with Crippen LogP contribution in [0.5, 0.6) is 0 Å². The number of H-pyrrole nitrogens is 2. The van der Waals surface area contributed by atoms with Gasteiger partial charge in [-0.25, -0.2) is 9.37 Å². The van der Waals surface area contributed by atoms with Gasteiger partial charge in [0.05, 0.1) is 23.1 Å². The second-order valence-electron chi connectivity index (χ2n) is 8.37. The zero-order chi connectivity index (χ0) is 24.6. The highest BCUT2D eigenvalue weighted by molar-refractivity contribution is 7.08. The number of imidazole rings is 1. The smallest absolute Gasteiger partial charge is 0.224 e. The largest absolute Gasteiger partial charge is 0.337 e. The third kappa shape index (κ3) is 3.91. The molecule has 5 aromatic heterocycles. The SMILES string of the molecule is CCCC(=O)Nc1cncc(-c2cc(F)c3n[nH]c(-c4nc5c(-c6ccsc6)nccc5[nH]4)c3c2)c1. The predicted molar refractivity (Wildman–Crippen MR) is 139 cm³/mol. The number of halogens is 1. The maximum Gasteiger partial charge on any atom is 0.224 e. The molecule has 0 atom stereocenters. The number of aromatic amines is 2. The van der Waals surface area contributed by atoms with E-state index in [-0.39, 0.29) is 11.4 Å². The van der Waals surface area contributed by atoms with Crippen molar-refractivity contribution in [3.63, 3.8) is 0 Å². The Balaban J connectivity index is 1.44. The van der Waals surface area contributed by atoms with E-state index in [1.54, 1.807) is 36.0 Å². The van der Waals surface area contributed by atoms with Gasteiger partial charge in [0.25, 0.3) is 0 Å². The van der Waals surface area contributed by atoms with Crippen molar-refractivity contribution < 1.29 is 9.18 Å². The number of fused-ring (bicyclic) bond motifs is 2. The summed E-state index contributed by atoms with van der Waals surface area (Å²) in [6, 6.07) is 8.90. The quantitative estimate of drug-likeness (QED) is 0.255. The van der Waals surface area contributed by atoms with Crippen LogP contribution in [0.4, 0.5) is 10.1 Å². The Bertz CT molecular complexity index is 1720. The van der Waals surface area contributed by atoms with Crippen molar-refractivity contribution in [2.45, 2.75) is 19.8 Å². The van der Waals surface area contributed by atoms with Gasteiger partial charge in [-0.3, -0.25) is 19.9 Å². The fourth-order valence-corrected chi connectivity index (χ4v) is 4.84. The van der Waals surface area contributed by atoms with Crippen molar-refractivity contribution in [1.29, 1.82) is 0 Å². The van der Waals surface area contributed by atoms with Gasteiger partial charge in [0.1, 0.15) is 16.7 Å². The van der Waals surface area contributed by atoms with E-state index in [0.717, 1.165) is 28.7 Å². The standard InChI is InChI=1S/C26H20FN7OS/c1-2-3-21(35)30-17-8-16(11-28-12-17)15-9-18-23(19(27)10-15)33-34-24(18)26-31-20-4-6-29-22(25(20)32-26)14-5-7-36-13-14/h4-13H,2-3H2,1H3,(H,30,35)(H,31,32)(H,33,34). The van der Waals surface area contributed by atoms with E-state index >= 15 is 4.39 Å². The Hall–Kier alpha value is -4.44. The summed E-state index contributed by atoms with van der Waals surface area (Å²) in [7, 11) is 0. The number of thiophene rings is 1. The van der Waals surface area contributed by atoms with Gasteiger partial charge >= 0.3 is 0 Å². The summed E-state index contributed by atoms with van der Waals surface area (Å²) in [5.74, 6) is -0.0224. The second-order valence-corrected chi connectivity index (χ2v) is 9.15. The zero-order valence-corrected chi connectivity index (χ0v) is 20.0. The number of carbonyl (C=O) groups is 1. The second kappa shape index (κ2) is 8.97. The van der Waals surface area contributed by atoms with Gasteiger partial charge in [-0.2, -0.15) is 16.4 Å². The normalized spacial score (nSPS) is 11.4. The molecule has 6 rings (SSSR count). The highest BCUT2D eigenvalue weighted by Gasteiger charge is 2.18. The summed E-state index contributed by atoms with van der Waals surface area (Å²) in [4.78, 5) is 28.9. The fraction of sp³-hybridized carbons (Fsp3) is 0.115. The van der Waals surface area contributed by atoms with Crippen molar-refractivity contribution in [2.75, 3.05) is 5.32 Å². The molecule has 0 saturated carbocycles. The summed E-state index contributed by atoms with van der Waals surface area (Å²) in [5, 5.41) is 14.6. The molecule has 0 aliphatic carbocycles. The molecule has 1 amide bonds. The fourth-order valence-electron chi connectivity index (χ4n) is 4.20. The molecule has 1 aromatic carbocycles. The Labute approximate surface area is 208 Å². The Morgan fingerprint density at radius 1 is 1.11 bits per heavy atom. The molecule has 178 valence electrons. The number of nitrogens with zero attached hydrogens (tertiary/aromatic N) is 4. The molecule has 8 nitrogen and oxygen atoms in total. The van der Waals surface area contributed by atoms with E-state index in [1.165, 1.54) is 6.07 Å². The minimum absolute atomic E-state index is 0.0867. The van der Waals surface area contributed by atoms with Crippen LogP contribution in [0, 0.1) is 5.82 Å². The van der Waals surface area contributed by atoms with Gasteiger partial charge in [-0.05, 0) is 47.7 Å². The molecule has 0 aliphatic rings. The number of aromatic nitrogens is 6. The lowest BCUT2D eigenvalue weighted by atomic mass is 10.0. The van der Waals surface area contributed by atoms with Gasteiger partial charge in [0.2, 0.25) is 5.91 Å². The number of rotatable bonds is 6. The number of carbonyl (C=O) groups excluding carboxylic acids is 1. The molecule has 0 fully saturated rings. The summed E-state index contributed by atoms with van der Waals surface area (Å²) < 4.78 is 15.1. The van der Waals surface area contributed by atoms with Gasteiger partial charge in [0, 0.05) is 40.7 Å². The molecule has 0 unspecified atom stereocenters. The van der Waals surface area contributed by atoms with Gasteiger partial charge in [0.15, 0.2) is 11.6 Å². The number of hydrogen-bond acceptors (Lipinski definition) is 6. The zero-order valence-electron chi connectivity index (χ0n) is 19.2. The van der Waals surface area contributed by atoms with E-state index in [0.29, 0.717) is 40.1 Å². The maximum atomic E-state index is 15.1. The monoisotopic (exact) mass is 497 g/mol. The lowest BCUT2D eigenvalue weighted by Crippen LogP contribution is -2.10. The van der Waals surface area contributed by atoms with E-state index < -0.39 is 5.82 Å². The van der Waals surface area contributed by atoms with Crippen LogP contribution in [0.1, 0.15) is 19.8 Å². The first-order chi connectivity index (χ1) is 17.6. The molecule has 0 aliphatic heterocycles. The molecule has 10 heteroatoms. The van der Waals surface area contributed by atoms with Crippen LogP contribution in [0.2, 0.25) is 0 Å². The highest BCUT2D eigenvalue weighted by atomic mass is 32.1. The van der Waals surface area contributed by atoms with Crippen LogP contribution < -0.4 is 5.32 Å². The van der Waals surface area contributed by atoms with Crippen LogP contribution in [-0.4, -0.2) is 36.0 Å². The van der Waals surface area contributed by atoms with Crippen molar-refractivity contribution in [2.24, 2.45) is 0 Å². The molecule has 6 aromatic rings. The van der Waals surface area contributed by atoms with Gasteiger partial charge in [-0.15, -0.1) is 0 Å². The Kier molecular flexibility index (Phi) is 5.49. The first-order valence-corrected chi connectivity index (χ1v) is 12.4. The van der Waals surface area contributed by atoms with Crippen LogP contribution in [0.15, 0.2) is 59.7 Å². The van der Waals surface area contributed by atoms with Crippen molar-refractivity contribution in [1.82, 2.24) is 30.1 Å². The molecule has 0 saturated heterocycles. The molecule has 36 heavy (non-hydrogen) atoms. The molecule has 3 N–H and O–H groups in total. The van der Waals surface area contributed by atoms with E-state index in [9.17, 15) is 4.79 Å². The van der Waals surface area contributed by atoms with E-state index in [2.05, 4.69) is 30.5 Å². The predicted octanol–water partition coefficient (Wildman–Crippen LogP) is 6.17. The summed E-state index contributed by atoms with van der Waals surface area (Å²) in [6.07, 6.45) is 6.11. The van der Waals surface area contributed by atoms with Crippen LogP contribution in [-0.2, 0) is 4.79 Å². The number of anilines is 1. The first kappa shape index (κ1) is 22.1. The number of hydrogen-bond donors (Lipinski definition) is 3. The Morgan fingerprint density at radius 2 is 2.03 bits per heavy atom. The Morgan fingerprint density at radius 3 is 2.86 bits per heavy atom. The van der Waals surface area contributed by atoms with Gasteiger partial charge in [-0.1, -0.05) is 6.92 Å². The van der Waals surface area contributed by atoms with Crippen LogP contribution in [0.3, 0.4) is 0 Å². The molecule has 5 heterocycles. The van der Waals surface area contributed by atoms with Crippen molar-refractivity contribution in [3.8, 4) is 33.9 Å². The van der Waals surface area contributed by atoms with E-state index in [1.807, 2.05) is 35.9 Å². The van der Waals surface area contributed by atoms with Crippen LogP contribution in [0.25, 0.3) is 55.8 Å². The summed E-state index contributed by atoms with van der Waals surface area (Å²) in [6.45, 7) is 1.94. The molecular weight excluding hydrogens is 477 g/mol. The number of benzene rings is 1. The number of amides is 1. The minimum atomic E-state index is -0.470. The number of pyridine rings is 2. The average Bonchev–Trinajstić information content (AvgIpc) is 3.63. The highest BCUT2D eigenvalue weighted by Crippen LogP contribution is 2.34.